The zero-order valence-corrected chi connectivity index (χ0v) is 13.4. The van der Waals surface area contributed by atoms with E-state index in [2.05, 4.69) is 23.9 Å². The molecule has 1 aromatic carbocycles. The quantitative estimate of drug-likeness (QED) is 0.197. The summed E-state index contributed by atoms with van der Waals surface area (Å²) in [4.78, 5) is 24.4. The van der Waals surface area contributed by atoms with Crippen molar-refractivity contribution < 1.29 is 14.9 Å². The highest BCUT2D eigenvalue weighted by atomic mass is 32.2. The highest BCUT2D eigenvalue weighted by Crippen LogP contribution is 2.16. The van der Waals surface area contributed by atoms with Crippen molar-refractivity contribution >= 4 is 28.3 Å². The lowest BCUT2D eigenvalue weighted by Gasteiger charge is -2.17. The lowest BCUT2D eigenvalue weighted by atomic mass is 10.1. The molecule has 1 N–H and O–H groups in total. The van der Waals surface area contributed by atoms with Crippen LogP contribution in [0, 0.1) is 10.1 Å². The summed E-state index contributed by atoms with van der Waals surface area (Å²) in [7, 11) is 0. The van der Waals surface area contributed by atoms with Crippen LogP contribution in [-0.2, 0) is 0 Å². The fourth-order valence-corrected chi connectivity index (χ4v) is 2.66. The van der Waals surface area contributed by atoms with Gasteiger partial charge in [-0.05, 0) is 25.2 Å². The third-order valence-corrected chi connectivity index (χ3v) is 4.09. The number of rotatable bonds is 8. The zero-order chi connectivity index (χ0) is 16.5. The maximum Gasteiger partial charge on any atom is 0.269 e. The SMILES string of the molecule is CCN(CC)CCS/C(=N\O)C(=O)c1ccc([N+](=O)[O-])cc1. The van der Waals surface area contributed by atoms with E-state index in [1.165, 1.54) is 36.0 Å². The number of benzene rings is 1. The molecule has 120 valence electrons. The van der Waals surface area contributed by atoms with Crippen molar-refractivity contribution in [3.8, 4) is 0 Å². The molecule has 0 heterocycles. The van der Waals surface area contributed by atoms with E-state index >= 15 is 0 Å². The van der Waals surface area contributed by atoms with Crippen LogP contribution in [0.4, 0.5) is 5.69 Å². The Balaban J connectivity index is 2.66. The van der Waals surface area contributed by atoms with Crippen LogP contribution in [0.15, 0.2) is 29.4 Å². The molecule has 0 bridgehead atoms. The summed E-state index contributed by atoms with van der Waals surface area (Å²) in [5, 5.41) is 22.6. The third kappa shape index (κ3) is 5.12. The number of thioether (sulfide) groups is 1. The average Bonchev–Trinajstić information content (AvgIpc) is 2.54. The second-order valence-corrected chi connectivity index (χ2v) is 5.50. The molecule has 0 spiro atoms. The summed E-state index contributed by atoms with van der Waals surface area (Å²) in [5.74, 6) is 0.182. The second-order valence-electron chi connectivity index (χ2n) is 4.41. The summed E-state index contributed by atoms with van der Waals surface area (Å²) in [6, 6.07) is 5.22. The number of nitro benzene ring substituents is 1. The standard InChI is InChI=1S/C14H19N3O4S/c1-3-16(4-2)9-10-22-14(15-19)13(18)11-5-7-12(8-6-11)17(20)21/h5-8,19H,3-4,9-10H2,1-2H3/b15-14-. The molecule has 0 aliphatic rings. The fourth-order valence-electron chi connectivity index (χ4n) is 1.81. The number of oxime groups is 1. The number of nitro groups is 1. The Kier molecular flexibility index (Phi) is 7.55. The number of Topliss-reactive ketones (excluding diaryl/α,β-unsaturated/α-hetero) is 1. The van der Waals surface area contributed by atoms with Crippen molar-refractivity contribution in [2.24, 2.45) is 5.16 Å². The molecule has 1 aromatic rings. The lowest BCUT2D eigenvalue weighted by molar-refractivity contribution is -0.384. The van der Waals surface area contributed by atoms with Gasteiger partial charge in [-0.25, -0.2) is 0 Å². The Bertz CT molecular complexity index is 542. The maximum atomic E-state index is 12.2. The predicted octanol–water partition coefficient (Wildman–Crippen LogP) is 2.64. The molecule has 0 radical (unpaired) electrons. The predicted molar refractivity (Wildman–Crippen MR) is 86.9 cm³/mol. The third-order valence-electron chi connectivity index (χ3n) is 3.17. The van der Waals surface area contributed by atoms with Crippen LogP contribution in [0.1, 0.15) is 24.2 Å². The van der Waals surface area contributed by atoms with Crippen LogP contribution < -0.4 is 0 Å². The number of ketones is 1. The Morgan fingerprint density at radius 2 is 1.91 bits per heavy atom. The van der Waals surface area contributed by atoms with Crippen LogP contribution >= 0.6 is 11.8 Å². The molecule has 0 unspecified atom stereocenters. The number of non-ortho nitro benzene ring substituents is 1. The number of carbonyl (C=O) groups is 1. The summed E-state index contributed by atoms with van der Waals surface area (Å²) in [6.45, 7) is 6.72. The van der Waals surface area contributed by atoms with E-state index < -0.39 is 10.7 Å². The van der Waals surface area contributed by atoms with E-state index in [1.807, 2.05) is 0 Å². The van der Waals surface area contributed by atoms with Gasteiger partial charge in [0.2, 0.25) is 5.78 Å². The van der Waals surface area contributed by atoms with Gasteiger partial charge in [0.15, 0.2) is 5.04 Å². The normalized spacial score (nSPS) is 11.7. The van der Waals surface area contributed by atoms with E-state index in [-0.39, 0.29) is 16.3 Å². The monoisotopic (exact) mass is 325 g/mol. The highest BCUT2D eigenvalue weighted by Gasteiger charge is 2.17. The van der Waals surface area contributed by atoms with E-state index in [0.717, 1.165) is 19.6 Å². The Labute approximate surface area is 133 Å². The van der Waals surface area contributed by atoms with Gasteiger partial charge in [-0.2, -0.15) is 0 Å². The van der Waals surface area contributed by atoms with Gasteiger partial charge >= 0.3 is 0 Å². The van der Waals surface area contributed by atoms with Crippen molar-refractivity contribution in [3.63, 3.8) is 0 Å². The molecule has 0 fully saturated rings. The number of hydrogen-bond donors (Lipinski definition) is 1. The van der Waals surface area contributed by atoms with E-state index in [4.69, 9.17) is 5.21 Å². The maximum absolute atomic E-state index is 12.2. The Hall–Kier alpha value is -1.93. The molecule has 0 aliphatic carbocycles. The first-order valence-corrected chi connectivity index (χ1v) is 7.88. The van der Waals surface area contributed by atoms with Crippen molar-refractivity contribution in [3.05, 3.63) is 39.9 Å². The number of carbonyl (C=O) groups excluding carboxylic acids is 1. The minimum Gasteiger partial charge on any atom is -0.410 e. The van der Waals surface area contributed by atoms with Gasteiger partial charge in [-0.15, -0.1) is 0 Å². The van der Waals surface area contributed by atoms with Gasteiger partial charge in [0.25, 0.3) is 5.69 Å². The van der Waals surface area contributed by atoms with Gasteiger partial charge in [0.1, 0.15) is 0 Å². The lowest BCUT2D eigenvalue weighted by Crippen LogP contribution is -2.26. The van der Waals surface area contributed by atoms with Crippen molar-refractivity contribution in [2.75, 3.05) is 25.4 Å². The highest BCUT2D eigenvalue weighted by molar-refractivity contribution is 8.15. The summed E-state index contributed by atoms with van der Waals surface area (Å²) in [5.41, 5.74) is 0.168. The minimum absolute atomic E-state index is 0.0130. The molecule has 22 heavy (non-hydrogen) atoms. The molecule has 0 saturated heterocycles. The molecule has 0 amide bonds. The number of hydrogen-bond acceptors (Lipinski definition) is 7. The minimum atomic E-state index is -0.534. The molecule has 0 aliphatic heterocycles. The summed E-state index contributed by atoms with van der Waals surface area (Å²) >= 11 is 1.17. The van der Waals surface area contributed by atoms with Crippen LogP contribution in [0.5, 0.6) is 0 Å². The molecule has 1 rings (SSSR count). The van der Waals surface area contributed by atoms with Crippen molar-refractivity contribution in [1.82, 2.24) is 4.90 Å². The van der Waals surface area contributed by atoms with Gasteiger partial charge in [0.05, 0.1) is 4.92 Å². The van der Waals surface area contributed by atoms with Gasteiger partial charge < -0.3 is 10.1 Å². The molecule has 8 heteroatoms. The van der Waals surface area contributed by atoms with Gasteiger partial charge in [-0.3, -0.25) is 14.9 Å². The fraction of sp³-hybridized carbons (Fsp3) is 0.429. The van der Waals surface area contributed by atoms with Crippen LogP contribution in [0.2, 0.25) is 0 Å². The molecular weight excluding hydrogens is 306 g/mol. The van der Waals surface area contributed by atoms with Crippen LogP contribution in [-0.4, -0.2) is 51.2 Å². The first-order chi connectivity index (χ1) is 10.5. The van der Waals surface area contributed by atoms with Crippen LogP contribution in [0.3, 0.4) is 0 Å². The molecule has 7 nitrogen and oxygen atoms in total. The topological polar surface area (TPSA) is 96.0 Å². The van der Waals surface area contributed by atoms with E-state index in [1.54, 1.807) is 0 Å². The molecule has 0 aromatic heterocycles. The average molecular weight is 325 g/mol. The summed E-state index contributed by atoms with van der Waals surface area (Å²) < 4.78 is 0. The Morgan fingerprint density at radius 1 is 1.32 bits per heavy atom. The number of nitrogens with zero attached hydrogens (tertiary/aromatic N) is 3. The van der Waals surface area contributed by atoms with E-state index in [0.29, 0.717) is 5.75 Å². The van der Waals surface area contributed by atoms with Crippen LogP contribution in [0.25, 0.3) is 0 Å². The largest absolute Gasteiger partial charge is 0.410 e. The molecule has 0 saturated carbocycles. The molecule has 0 atom stereocenters. The summed E-state index contributed by atoms with van der Waals surface area (Å²) in [6.07, 6.45) is 0. The first-order valence-electron chi connectivity index (χ1n) is 6.89. The smallest absolute Gasteiger partial charge is 0.269 e. The first kappa shape index (κ1) is 18.1. The van der Waals surface area contributed by atoms with E-state index in [9.17, 15) is 14.9 Å². The zero-order valence-electron chi connectivity index (χ0n) is 12.6. The van der Waals surface area contributed by atoms with Gasteiger partial charge in [-0.1, -0.05) is 30.8 Å². The van der Waals surface area contributed by atoms with Crippen molar-refractivity contribution in [1.29, 1.82) is 0 Å². The second kappa shape index (κ2) is 9.16. The Morgan fingerprint density at radius 3 is 2.36 bits per heavy atom. The van der Waals surface area contributed by atoms with Crippen molar-refractivity contribution in [2.45, 2.75) is 13.8 Å². The molecular formula is C14H19N3O4S. The van der Waals surface area contributed by atoms with Gasteiger partial charge in [0, 0.05) is 30.0 Å².